The molecule has 3 rings (SSSR count). The van der Waals surface area contributed by atoms with E-state index in [9.17, 15) is 0 Å². The van der Waals surface area contributed by atoms with Gasteiger partial charge in [0.1, 0.15) is 4.99 Å². The molecule has 0 aromatic carbocycles. The second-order valence-corrected chi connectivity index (χ2v) is 6.20. The van der Waals surface area contributed by atoms with Crippen LogP contribution >= 0.6 is 12.2 Å². The number of aromatic nitrogens is 2. The van der Waals surface area contributed by atoms with Crippen LogP contribution in [0.5, 0.6) is 0 Å². The Bertz CT molecular complexity index is 551. The summed E-state index contributed by atoms with van der Waals surface area (Å²) in [6.45, 7) is 5.91. The molecule has 2 aliphatic heterocycles. The first-order valence-corrected chi connectivity index (χ1v) is 8.13. The van der Waals surface area contributed by atoms with Gasteiger partial charge in [-0.2, -0.15) is 5.10 Å². The van der Waals surface area contributed by atoms with Crippen molar-refractivity contribution in [1.82, 2.24) is 10.2 Å². The first-order valence-electron chi connectivity index (χ1n) is 7.72. The predicted molar refractivity (Wildman–Crippen MR) is 86.8 cm³/mol. The van der Waals surface area contributed by atoms with E-state index in [1.807, 2.05) is 0 Å². The number of rotatable bonds is 4. The normalized spacial score (nSPS) is 24.4. The van der Waals surface area contributed by atoms with Gasteiger partial charge in [-0.05, 0) is 31.2 Å². The minimum Gasteiger partial charge on any atom is -0.389 e. The van der Waals surface area contributed by atoms with Gasteiger partial charge in [0.2, 0.25) is 0 Å². The molecule has 2 unspecified atom stereocenters. The molecule has 3 heterocycles. The second kappa shape index (κ2) is 5.85. The van der Waals surface area contributed by atoms with Crippen molar-refractivity contribution >= 4 is 23.0 Å². The van der Waals surface area contributed by atoms with Crippen LogP contribution < -0.4 is 10.6 Å². The number of hydrogen-bond donors (Lipinski definition) is 1. The zero-order chi connectivity index (χ0) is 15.0. The van der Waals surface area contributed by atoms with Crippen molar-refractivity contribution in [2.24, 2.45) is 5.73 Å². The molecule has 2 bridgehead atoms. The monoisotopic (exact) mass is 306 g/mol. The highest BCUT2D eigenvalue weighted by molar-refractivity contribution is 7.80. The van der Waals surface area contributed by atoms with Crippen LogP contribution in [-0.2, 0) is 17.6 Å². The van der Waals surface area contributed by atoms with Gasteiger partial charge in [0.25, 0.3) is 0 Å². The standard InChI is InChI=1S/C15H22N4OS/c1-3-11-12(4-2)17-18-15(13(11)14(16)21)19-7-9-5-6-10(8-19)20-9/h9-10H,3-8H2,1-2H3,(H2,16,21). The Kier molecular flexibility index (Phi) is 4.08. The summed E-state index contributed by atoms with van der Waals surface area (Å²) < 4.78 is 5.90. The summed E-state index contributed by atoms with van der Waals surface area (Å²) in [5.41, 5.74) is 9.08. The number of ether oxygens (including phenoxy) is 1. The van der Waals surface area contributed by atoms with Gasteiger partial charge in [-0.1, -0.05) is 26.1 Å². The summed E-state index contributed by atoms with van der Waals surface area (Å²) in [5.74, 6) is 0.844. The number of fused-ring (bicyclic) bond motifs is 2. The van der Waals surface area contributed by atoms with Gasteiger partial charge in [0.15, 0.2) is 5.82 Å². The molecule has 21 heavy (non-hydrogen) atoms. The van der Waals surface area contributed by atoms with Crippen LogP contribution in [0, 0.1) is 0 Å². The average Bonchev–Trinajstić information content (AvgIpc) is 2.83. The van der Waals surface area contributed by atoms with Crippen molar-refractivity contribution < 1.29 is 4.74 Å². The summed E-state index contributed by atoms with van der Waals surface area (Å²) in [4.78, 5) is 2.68. The Labute approximate surface area is 130 Å². The summed E-state index contributed by atoms with van der Waals surface area (Å²) in [6, 6.07) is 0. The Morgan fingerprint density at radius 3 is 2.43 bits per heavy atom. The van der Waals surface area contributed by atoms with E-state index in [2.05, 4.69) is 28.9 Å². The zero-order valence-electron chi connectivity index (χ0n) is 12.6. The minimum atomic E-state index is 0.306. The summed E-state index contributed by atoms with van der Waals surface area (Å²) in [6.07, 6.45) is 4.59. The van der Waals surface area contributed by atoms with Crippen molar-refractivity contribution in [2.45, 2.75) is 51.7 Å². The fourth-order valence-corrected chi connectivity index (χ4v) is 3.64. The Morgan fingerprint density at radius 1 is 1.24 bits per heavy atom. The predicted octanol–water partition coefficient (Wildman–Crippen LogP) is 1.60. The van der Waals surface area contributed by atoms with E-state index < -0.39 is 0 Å². The van der Waals surface area contributed by atoms with E-state index in [0.717, 1.165) is 61.4 Å². The maximum Gasteiger partial charge on any atom is 0.162 e. The van der Waals surface area contributed by atoms with Gasteiger partial charge < -0.3 is 15.4 Å². The van der Waals surface area contributed by atoms with Crippen LogP contribution in [-0.4, -0.2) is 40.5 Å². The zero-order valence-corrected chi connectivity index (χ0v) is 13.4. The lowest BCUT2D eigenvalue weighted by Gasteiger charge is -2.34. The number of nitrogens with two attached hydrogens (primary N) is 1. The van der Waals surface area contributed by atoms with Crippen LogP contribution in [0.4, 0.5) is 5.82 Å². The largest absolute Gasteiger partial charge is 0.389 e. The maximum absolute atomic E-state index is 6.01. The number of hydrogen-bond acceptors (Lipinski definition) is 5. The SMILES string of the molecule is CCc1nnc(N2CC3CCC(C2)O3)c(C(N)=S)c1CC. The lowest BCUT2D eigenvalue weighted by molar-refractivity contribution is 0.0301. The molecule has 1 aromatic heterocycles. The fraction of sp³-hybridized carbons (Fsp3) is 0.667. The fourth-order valence-electron chi connectivity index (χ4n) is 3.43. The second-order valence-electron chi connectivity index (χ2n) is 5.76. The van der Waals surface area contributed by atoms with Crippen LogP contribution in [0.3, 0.4) is 0 Å². The van der Waals surface area contributed by atoms with Crippen molar-refractivity contribution in [2.75, 3.05) is 18.0 Å². The van der Waals surface area contributed by atoms with Crippen molar-refractivity contribution in [3.8, 4) is 0 Å². The Hall–Kier alpha value is -1.27. The summed E-state index contributed by atoms with van der Waals surface area (Å²) >= 11 is 5.31. The van der Waals surface area contributed by atoms with Gasteiger partial charge in [-0.15, -0.1) is 5.10 Å². The quantitative estimate of drug-likeness (QED) is 0.853. The molecule has 0 spiro atoms. The Morgan fingerprint density at radius 2 is 1.90 bits per heavy atom. The van der Waals surface area contributed by atoms with Gasteiger partial charge in [-0.25, -0.2) is 0 Å². The van der Waals surface area contributed by atoms with E-state index in [0.29, 0.717) is 17.2 Å². The highest BCUT2D eigenvalue weighted by atomic mass is 32.1. The van der Waals surface area contributed by atoms with Crippen LogP contribution in [0.25, 0.3) is 0 Å². The lowest BCUT2D eigenvalue weighted by atomic mass is 10.0. The summed E-state index contributed by atoms with van der Waals surface area (Å²) in [7, 11) is 0. The average molecular weight is 306 g/mol. The van der Waals surface area contributed by atoms with Gasteiger partial charge in [0.05, 0.1) is 23.5 Å². The molecule has 2 aliphatic rings. The molecule has 5 nitrogen and oxygen atoms in total. The van der Waals surface area contributed by atoms with Gasteiger partial charge in [0, 0.05) is 13.1 Å². The molecule has 114 valence electrons. The maximum atomic E-state index is 6.01. The molecule has 0 saturated carbocycles. The molecule has 2 fully saturated rings. The molecule has 2 N–H and O–H groups in total. The van der Waals surface area contributed by atoms with E-state index in [-0.39, 0.29) is 0 Å². The number of morpholine rings is 1. The number of nitrogens with zero attached hydrogens (tertiary/aromatic N) is 3. The lowest BCUT2D eigenvalue weighted by Crippen LogP contribution is -2.44. The molecular formula is C15H22N4OS. The van der Waals surface area contributed by atoms with Crippen LogP contribution in [0.2, 0.25) is 0 Å². The molecule has 2 atom stereocenters. The van der Waals surface area contributed by atoms with Crippen LogP contribution in [0.1, 0.15) is 43.5 Å². The van der Waals surface area contributed by atoms with Crippen LogP contribution in [0.15, 0.2) is 0 Å². The van der Waals surface area contributed by atoms with E-state index >= 15 is 0 Å². The highest BCUT2D eigenvalue weighted by Crippen LogP contribution is 2.31. The van der Waals surface area contributed by atoms with E-state index in [1.54, 1.807) is 0 Å². The molecular weight excluding hydrogens is 284 g/mol. The van der Waals surface area contributed by atoms with Crippen molar-refractivity contribution in [1.29, 1.82) is 0 Å². The van der Waals surface area contributed by atoms with Gasteiger partial charge >= 0.3 is 0 Å². The molecule has 1 aromatic rings. The molecule has 0 amide bonds. The third kappa shape index (κ3) is 2.62. The topological polar surface area (TPSA) is 64.3 Å². The van der Waals surface area contributed by atoms with Gasteiger partial charge in [-0.3, -0.25) is 0 Å². The van der Waals surface area contributed by atoms with Crippen molar-refractivity contribution in [3.63, 3.8) is 0 Å². The van der Waals surface area contributed by atoms with Crippen molar-refractivity contribution in [3.05, 3.63) is 16.8 Å². The summed E-state index contributed by atoms with van der Waals surface area (Å²) in [5, 5.41) is 8.86. The third-order valence-corrected chi connectivity index (χ3v) is 4.62. The molecule has 0 aliphatic carbocycles. The van der Waals surface area contributed by atoms with E-state index in [1.165, 1.54) is 0 Å². The molecule has 2 saturated heterocycles. The first kappa shape index (κ1) is 14.7. The Balaban J connectivity index is 2.03. The number of thiocarbonyl (C=S) groups is 1. The number of anilines is 1. The highest BCUT2D eigenvalue weighted by Gasteiger charge is 2.35. The van der Waals surface area contributed by atoms with E-state index in [4.69, 9.17) is 22.7 Å². The smallest absolute Gasteiger partial charge is 0.162 e. The number of aryl methyl sites for hydroxylation is 1. The molecule has 0 radical (unpaired) electrons. The molecule has 6 heteroatoms. The third-order valence-electron chi connectivity index (χ3n) is 4.42. The first-order chi connectivity index (χ1) is 10.1. The minimum absolute atomic E-state index is 0.306.